The van der Waals surface area contributed by atoms with Gasteiger partial charge in [0, 0.05) is 31.0 Å². The highest BCUT2D eigenvalue weighted by Gasteiger charge is 2.60. The van der Waals surface area contributed by atoms with Crippen LogP contribution in [0.25, 0.3) is 0 Å². The summed E-state index contributed by atoms with van der Waals surface area (Å²) in [5, 5.41) is 3.03. The molecule has 35 heavy (non-hydrogen) atoms. The van der Waals surface area contributed by atoms with Crippen LogP contribution in [-0.4, -0.2) is 49.0 Å². The smallest absolute Gasteiger partial charge is 0.246 e. The third-order valence-corrected chi connectivity index (χ3v) is 10.3. The van der Waals surface area contributed by atoms with Crippen molar-refractivity contribution in [3.05, 3.63) is 24.3 Å². The van der Waals surface area contributed by atoms with Crippen LogP contribution in [0.2, 0.25) is 0 Å². The Hall–Kier alpha value is -2.57. The molecule has 4 unspecified atom stereocenters. The number of carbonyl (C=O) groups excluding carboxylic acids is 2. The molecule has 2 amide bonds. The maximum Gasteiger partial charge on any atom is 0.246 e. The quantitative estimate of drug-likeness (QED) is 0.660. The van der Waals surface area contributed by atoms with Crippen LogP contribution in [-0.2, 0) is 9.59 Å². The molecule has 7 atom stereocenters. The number of pyridine rings is 1. The molecule has 0 saturated heterocycles. The van der Waals surface area contributed by atoms with Gasteiger partial charge in [0.25, 0.3) is 0 Å². The largest absolute Gasteiger partial charge is 0.481 e. The second-order valence-electron chi connectivity index (χ2n) is 11.6. The fourth-order valence-corrected chi connectivity index (χ4v) is 8.40. The highest BCUT2D eigenvalue weighted by Crippen LogP contribution is 2.66. The SMILES string of the molecule is COc1ccc(NC(=O)C[C@H]2CCC3C4CCC5N(C)C(=O)C=C[C@]5(C)C4CC[C@@]32C)c(OC)n1. The van der Waals surface area contributed by atoms with Crippen molar-refractivity contribution in [3.63, 3.8) is 0 Å². The van der Waals surface area contributed by atoms with Crippen LogP contribution in [0.4, 0.5) is 5.69 Å². The van der Waals surface area contributed by atoms with Crippen LogP contribution in [0.5, 0.6) is 11.8 Å². The maximum atomic E-state index is 13.1. The lowest BCUT2D eigenvalue weighted by atomic mass is 9.47. The van der Waals surface area contributed by atoms with E-state index in [2.05, 4.69) is 30.2 Å². The summed E-state index contributed by atoms with van der Waals surface area (Å²) in [6, 6.07) is 3.82. The molecule has 0 radical (unpaired) electrons. The van der Waals surface area contributed by atoms with E-state index in [0.29, 0.717) is 53.6 Å². The molecule has 0 aromatic carbocycles. The molecule has 1 aromatic rings. The number of rotatable bonds is 5. The van der Waals surface area contributed by atoms with Crippen LogP contribution in [0, 0.1) is 34.5 Å². The molecule has 3 saturated carbocycles. The minimum absolute atomic E-state index is 0.0234. The summed E-state index contributed by atoms with van der Waals surface area (Å²) >= 11 is 0. The minimum Gasteiger partial charge on any atom is -0.481 e. The van der Waals surface area contributed by atoms with E-state index in [9.17, 15) is 9.59 Å². The lowest BCUT2D eigenvalue weighted by Gasteiger charge is -2.60. The van der Waals surface area contributed by atoms with Gasteiger partial charge >= 0.3 is 0 Å². The first kappa shape index (κ1) is 24.1. The van der Waals surface area contributed by atoms with Crippen molar-refractivity contribution in [2.45, 2.75) is 64.8 Å². The number of aromatic nitrogens is 1. The minimum atomic E-state index is 0.0234. The molecular weight excluding hydrogens is 442 g/mol. The molecule has 3 fully saturated rings. The molecule has 1 aromatic heterocycles. The van der Waals surface area contributed by atoms with E-state index in [1.165, 1.54) is 19.3 Å². The van der Waals surface area contributed by atoms with Gasteiger partial charge in [0.1, 0.15) is 5.69 Å². The van der Waals surface area contributed by atoms with Crippen LogP contribution in [0.3, 0.4) is 0 Å². The first-order chi connectivity index (χ1) is 16.7. The highest BCUT2D eigenvalue weighted by atomic mass is 16.5. The van der Waals surface area contributed by atoms with Gasteiger partial charge in [-0.25, -0.2) is 0 Å². The van der Waals surface area contributed by atoms with Gasteiger partial charge < -0.3 is 19.7 Å². The van der Waals surface area contributed by atoms with Crippen LogP contribution >= 0.6 is 0 Å². The summed E-state index contributed by atoms with van der Waals surface area (Å²) < 4.78 is 10.5. The molecule has 7 heteroatoms. The van der Waals surface area contributed by atoms with Gasteiger partial charge in [0.05, 0.1) is 14.2 Å². The number of hydrogen-bond acceptors (Lipinski definition) is 5. The van der Waals surface area contributed by atoms with E-state index in [1.54, 1.807) is 32.4 Å². The van der Waals surface area contributed by atoms with E-state index in [1.807, 2.05) is 11.9 Å². The Morgan fingerprint density at radius 2 is 1.91 bits per heavy atom. The second kappa shape index (κ2) is 8.82. The Morgan fingerprint density at radius 1 is 1.11 bits per heavy atom. The first-order valence-electron chi connectivity index (χ1n) is 13.1. The number of amides is 2. The Balaban J connectivity index is 1.30. The maximum absolute atomic E-state index is 13.1. The van der Waals surface area contributed by atoms with Crippen LogP contribution in [0.1, 0.15) is 58.8 Å². The third kappa shape index (κ3) is 3.82. The normalized spacial score (nSPS) is 37.8. The van der Waals surface area contributed by atoms with Gasteiger partial charge in [-0.15, -0.1) is 0 Å². The van der Waals surface area contributed by atoms with Crippen LogP contribution < -0.4 is 14.8 Å². The molecule has 1 N–H and O–H groups in total. The summed E-state index contributed by atoms with van der Waals surface area (Å²) in [5.41, 5.74) is 0.820. The predicted octanol–water partition coefficient (Wildman–Crippen LogP) is 4.68. The van der Waals surface area contributed by atoms with Gasteiger partial charge in [-0.3, -0.25) is 9.59 Å². The number of hydrogen-bond donors (Lipinski definition) is 1. The van der Waals surface area contributed by atoms with E-state index in [0.717, 1.165) is 19.3 Å². The number of nitrogens with one attached hydrogen (secondary N) is 1. The summed E-state index contributed by atoms with van der Waals surface area (Å²) in [6.07, 6.45) is 11.4. The second-order valence-corrected chi connectivity index (χ2v) is 11.6. The van der Waals surface area contributed by atoms with Gasteiger partial charge in [-0.05, 0) is 79.8 Å². The molecule has 0 bridgehead atoms. The van der Waals surface area contributed by atoms with Gasteiger partial charge in [0.2, 0.25) is 23.6 Å². The zero-order chi connectivity index (χ0) is 25.0. The van der Waals surface area contributed by atoms with Crippen molar-refractivity contribution in [1.82, 2.24) is 9.88 Å². The lowest BCUT2D eigenvalue weighted by molar-refractivity contribution is -0.139. The monoisotopic (exact) mass is 481 g/mol. The molecule has 1 aliphatic heterocycles. The zero-order valence-corrected chi connectivity index (χ0v) is 21.7. The van der Waals surface area contributed by atoms with Crippen molar-refractivity contribution in [2.75, 3.05) is 26.6 Å². The molecule has 0 spiro atoms. The highest BCUT2D eigenvalue weighted by molar-refractivity contribution is 5.92. The predicted molar refractivity (Wildman–Crippen MR) is 134 cm³/mol. The first-order valence-corrected chi connectivity index (χ1v) is 13.1. The molecule has 5 rings (SSSR count). The van der Waals surface area contributed by atoms with Crippen molar-refractivity contribution in [3.8, 4) is 11.8 Å². The number of carbonyl (C=O) groups is 2. The van der Waals surface area contributed by atoms with E-state index >= 15 is 0 Å². The summed E-state index contributed by atoms with van der Waals surface area (Å²) in [4.78, 5) is 31.7. The summed E-state index contributed by atoms with van der Waals surface area (Å²) in [5.74, 6) is 3.27. The van der Waals surface area contributed by atoms with Crippen LogP contribution in [0.15, 0.2) is 24.3 Å². The molecule has 2 heterocycles. The van der Waals surface area contributed by atoms with Crippen molar-refractivity contribution >= 4 is 17.5 Å². The number of nitrogens with zero attached hydrogens (tertiary/aromatic N) is 2. The fraction of sp³-hybridized carbons (Fsp3) is 0.679. The average molecular weight is 482 g/mol. The standard InChI is InChI=1S/C28H39N3O4/c1-27-14-12-20-18(7-10-22-28(20,2)15-13-25(33)31(22)3)19(27)8-6-17(27)16-23(32)29-21-9-11-24(34-4)30-26(21)35-5/h9,11,13,15,17-20,22H,6-8,10,12,14,16H2,1-5H3,(H,29,32)/t17-,18?,19?,20?,22?,27-,28-/m1/s1. The molecule has 4 aliphatic rings. The van der Waals surface area contributed by atoms with Gasteiger partial charge in [0.15, 0.2) is 0 Å². The third-order valence-electron chi connectivity index (χ3n) is 10.3. The van der Waals surface area contributed by atoms with E-state index in [4.69, 9.17) is 9.47 Å². The number of likely N-dealkylation sites (N-methyl/N-ethyl adjacent to an activating group) is 1. The Labute approximate surface area is 208 Å². The fourth-order valence-electron chi connectivity index (χ4n) is 8.40. The Morgan fingerprint density at radius 3 is 2.66 bits per heavy atom. The summed E-state index contributed by atoms with van der Waals surface area (Å²) in [7, 11) is 5.07. The Bertz CT molecular complexity index is 1040. The molecule has 3 aliphatic carbocycles. The van der Waals surface area contributed by atoms with Crippen molar-refractivity contribution < 1.29 is 19.1 Å². The average Bonchev–Trinajstić information content (AvgIpc) is 3.18. The van der Waals surface area contributed by atoms with E-state index in [-0.39, 0.29) is 22.6 Å². The van der Waals surface area contributed by atoms with Crippen molar-refractivity contribution in [1.29, 1.82) is 0 Å². The lowest BCUT2D eigenvalue weighted by Crippen LogP contribution is -2.59. The number of ether oxygens (including phenoxy) is 2. The topological polar surface area (TPSA) is 80.8 Å². The van der Waals surface area contributed by atoms with Crippen molar-refractivity contribution in [2.24, 2.45) is 34.5 Å². The number of methoxy groups -OCH3 is 2. The number of fused-ring (bicyclic) bond motifs is 5. The Kier molecular flexibility index (Phi) is 6.09. The molecule has 7 nitrogen and oxygen atoms in total. The van der Waals surface area contributed by atoms with Gasteiger partial charge in [-0.1, -0.05) is 19.9 Å². The summed E-state index contributed by atoms with van der Waals surface area (Å²) in [6.45, 7) is 4.82. The molecular formula is C28H39N3O4. The zero-order valence-electron chi connectivity index (χ0n) is 21.7. The van der Waals surface area contributed by atoms with Gasteiger partial charge in [-0.2, -0.15) is 4.98 Å². The number of anilines is 1. The van der Waals surface area contributed by atoms with E-state index < -0.39 is 0 Å². The molecule has 190 valence electrons.